The number of carbonyl (C=O) groups excluding carboxylic acids is 1. The van der Waals surface area contributed by atoms with Crippen LogP contribution >= 0.6 is 0 Å². The summed E-state index contributed by atoms with van der Waals surface area (Å²) >= 11 is 0. The minimum Gasteiger partial charge on any atom is -0.481 e. The third-order valence-electron chi connectivity index (χ3n) is 4.15. The summed E-state index contributed by atoms with van der Waals surface area (Å²) in [7, 11) is 0. The highest BCUT2D eigenvalue weighted by Gasteiger charge is 2.38. The lowest BCUT2D eigenvalue weighted by Gasteiger charge is -2.31. The number of rotatable bonds is 4. The molecule has 1 fully saturated rings. The van der Waals surface area contributed by atoms with E-state index >= 15 is 0 Å². The predicted octanol–water partition coefficient (Wildman–Crippen LogP) is 2.82. The van der Waals surface area contributed by atoms with Crippen LogP contribution in [0.15, 0.2) is 0 Å². The lowest BCUT2D eigenvalue weighted by Crippen LogP contribution is -2.47. The van der Waals surface area contributed by atoms with Crippen molar-refractivity contribution in [3.63, 3.8) is 0 Å². The first kappa shape index (κ1) is 16.0. The molecule has 1 atom stereocenters. The van der Waals surface area contributed by atoms with Crippen molar-refractivity contribution in [3.8, 4) is 0 Å². The highest BCUT2D eigenvalue weighted by Crippen LogP contribution is 2.29. The standard InChI is InChI=1S/C15H27NO3/c1-5-10-6-8-11(9-7-10)16-13(17)12(14(18)19)15(2,3)4/h10-12H,5-9H2,1-4H3,(H,16,17)(H,18,19). The third kappa shape index (κ3) is 4.51. The Hall–Kier alpha value is -1.06. The van der Waals surface area contributed by atoms with E-state index < -0.39 is 17.3 Å². The first-order chi connectivity index (χ1) is 8.75. The maximum Gasteiger partial charge on any atom is 0.316 e. The lowest BCUT2D eigenvalue weighted by atomic mass is 9.79. The number of carboxylic acid groups (broad SMARTS) is 1. The fourth-order valence-electron chi connectivity index (χ4n) is 2.88. The summed E-state index contributed by atoms with van der Waals surface area (Å²) in [5, 5.41) is 12.2. The first-order valence-electron chi connectivity index (χ1n) is 7.28. The Morgan fingerprint density at radius 2 is 1.74 bits per heavy atom. The van der Waals surface area contributed by atoms with E-state index in [0.717, 1.165) is 31.6 Å². The van der Waals surface area contributed by atoms with Gasteiger partial charge in [-0.1, -0.05) is 34.1 Å². The average Bonchev–Trinajstić information content (AvgIpc) is 2.27. The summed E-state index contributed by atoms with van der Waals surface area (Å²) in [6, 6.07) is 0.152. The summed E-state index contributed by atoms with van der Waals surface area (Å²) in [6.45, 7) is 7.57. The van der Waals surface area contributed by atoms with Gasteiger partial charge >= 0.3 is 5.97 Å². The highest BCUT2D eigenvalue weighted by molar-refractivity contribution is 5.97. The van der Waals surface area contributed by atoms with E-state index in [2.05, 4.69) is 12.2 Å². The van der Waals surface area contributed by atoms with Crippen molar-refractivity contribution >= 4 is 11.9 Å². The van der Waals surface area contributed by atoms with Crippen LogP contribution in [0.3, 0.4) is 0 Å². The molecule has 0 bridgehead atoms. The molecule has 1 aliphatic rings. The first-order valence-corrected chi connectivity index (χ1v) is 7.28. The minimum atomic E-state index is -1.03. The maximum atomic E-state index is 12.2. The van der Waals surface area contributed by atoms with Crippen molar-refractivity contribution in [2.45, 2.75) is 65.8 Å². The summed E-state index contributed by atoms with van der Waals surface area (Å²) in [4.78, 5) is 23.4. The van der Waals surface area contributed by atoms with E-state index in [1.807, 2.05) is 0 Å². The van der Waals surface area contributed by atoms with Gasteiger partial charge in [0.25, 0.3) is 0 Å². The van der Waals surface area contributed by atoms with E-state index in [1.54, 1.807) is 20.8 Å². The molecule has 1 amide bonds. The molecule has 1 aliphatic carbocycles. The number of aliphatic carboxylic acids is 1. The zero-order chi connectivity index (χ0) is 14.6. The van der Waals surface area contributed by atoms with Gasteiger partial charge in [-0.05, 0) is 37.0 Å². The highest BCUT2D eigenvalue weighted by atomic mass is 16.4. The van der Waals surface area contributed by atoms with Crippen LogP contribution in [0.4, 0.5) is 0 Å². The zero-order valence-electron chi connectivity index (χ0n) is 12.5. The SMILES string of the molecule is CCC1CCC(NC(=O)C(C(=O)O)C(C)(C)C)CC1. The van der Waals surface area contributed by atoms with Crippen LogP contribution in [0.25, 0.3) is 0 Å². The zero-order valence-corrected chi connectivity index (χ0v) is 12.5. The van der Waals surface area contributed by atoms with Gasteiger partial charge in [-0.3, -0.25) is 9.59 Å². The van der Waals surface area contributed by atoms with Gasteiger partial charge in [0.05, 0.1) is 0 Å². The van der Waals surface area contributed by atoms with Crippen molar-refractivity contribution in [2.24, 2.45) is 17.3 Å². The minimum absolute atomic E-state index is 0.152. The van der Waals surface area contributed by atoms with E-state index in [1.165, 1.54) is 6.42 Å². The second kappa shape index (κ2) is 6.40. The smallest absolute Gasteiger partial charge is 0.316 e. The monoisotopic (exact) mass is 269 g/mol. The number of hydrogen-bond acceptors (Lipinski definition) is 2. The van der Waals surface area contributed by atoms with Crippen LogP contribution in [-0.2, 0) is 9.59 Å². The Kier molecular flexibility index (Phi) is 5.39. The Bertz CT molecular complexity index is 325. The largest absolute Gasteiger partial charge is 0.481 e. The predicted molar refractivity (Wildman–Crippen MR) is 74.8 cm³/mol. The van der Waals surface area contributed by atoms with Crippen molar-refractivity contribution < 1.29 is 14.7 Å². The molecule has 0 aromatic heterocycles. The molecule has 1 unspecified atom stereocenters. The van der Waals surface area contributed by atoms with Crippen LogP contribution in [0.1, 0.15) is 59.8 Å². The van der Waals surface area contributed by atoms with Gasteiger partial charge in [-0.2, -0.15) is 0 Å². The summed E-state index contributed by atoms with van der Waals surface area (Å²) in [5.41, 5.74) is -0.559. The number of carboxylic acids is 1. The Labute approximate surface area is 116 Å². The Morgan fingerprint density at radius 1 is 1.21 bits per heavy atom. The molecule has 0 spiro atoms. The van der Waals surface area contributed by atoms with E-state index in [9.17, 15) is 14.7 Å². The van der Waals surface area contributed by atoms with Crippen LogP contribution in [0, 0.1) is 17.3 Å². The number of nitrogens with one attached hydrogen (secondary N) is 1. The maximum absolute atomic E-state index is 12.2. The lowest BCUT2D eigenvalue weighted by molar-refractivity contribution is -0.151. The van der Waals surface area contributed by atoms with Crippen molar-refractivity contribution in [2.75, 3.05) is 0 Å². The molecule has 0 aliphatic heterocycles. The molecule has 0 heterocycles. The van der Waals surface area contributed by atoms with Gasteiger partial charge in [0.15, 0.2) is 0 Å². The number of amides is 1. The molecule has 4 nitrogen and oxygen atoms in total. The molecule has 1 saturated carbocycles. The third-order valence-corrected chi connectivity index (χ3v) is 4.15. The van der Waals surface area contributed by atoms with Crippen LogP contribution in [0.5, 0.6) is 0 Å². The van der Waals surface area contributed by atoms with Gasteiger partial charge in [0.1, 0.15) is 5.92 Å². The molecule has 19 heavy (non-hydrogen) atoms. The van der Waals surface area contributed by atoms with Gasteiger partial charge in [-0.25, -0.2) is 0 Å². The Balaban J connectivity index is 2.57. The summed E-state index contributed by atoms with van der Waals surface area (Å²) in [5.74, 6) is -1.57. The fraction of sp³-hybridized carbons (Fsp3) is 0.867. The average molecular weight is 269 g/mol. The van der Waals surface area contributed by atoms with E-state index in [0.29, 0.717) is 0 Å². The quantitative estimate of drug-likeness (QED) is 0.771. The van der Waals surface area contributed by atoms with Crippen LogP contribution in [-0.4, -0.2) is 23.0 Å². The molecule has 110 valence electrons. The van der Waals surface area contributed by atoms with Gasteiger partial charge in [-0.15, -0.1) is 0 Å². The van der Waals surface area contributed by atoms with Gasteiger partial charge < -0.3 is 10.4 Å². The molecule has 0 radical (unpaired) electrons. The van der Waals surface area contributed by atoms with Gasteiger partial charge in [0.2, 0.25) is 5.91 Å². The molecule has 0 saturated heterocycles. The molecular weight excluding hydrogens is 242 g/mol. The molecule has 4 heteroatoms. The second-order valence-corrected chi connectivity index (χ2v) is 6.77. The van der Waals surface area contributed by atoms with Crippen LogP contribution in [0.2, 0.25) is 0 Å². The van der Waals surface area contributed by atoms with Crippen molar-refractivity contribution in [1.82, 2.24) is 5.32 Å². The van der Waals surface area contributed by atoms with E-state index in [-0.39, 0.29) is 11.9 Å². The van der Waals surface area contributed by atoms with E-state index in [4.69, 9.17) is 0 Å². The Morgan fingerprint density at radius 3 is 2.11 bits per heavy atom. The van der Waals surface area contributed by atoms with Gasteiger partial charge in [0, 0.05) is 6.04 Å². The second-order valence-electron chi connectivity index (χ2n) is 6.77. The van der Waals surface area contributed by atoms with Crippen molar-refractivity contribution in [3.05, 3.63) is 0 Å². The molecule has 2 N–H and O–H groups in total. The molecular formula is C15H27NO3. The number of hydrogen-bond donors (Lipinski definition) is 2. The molecule has 0 aromatic carbocycles. The molecule has 0 aromatic rings. The molecule has 1 rings (SSSR count). The topological polar surface area (TPSA) is 66.4 Å². The summed E-state index contributed by atoms with van der Waals surface area (Å²) in [6.07, 6.45) is 5.41. The van der Waals surface area contributed by atoms with Crippen molar-refractivity contribution in [1.29, 1.82) is 0 Å². The van der Waals surface area contributed by atoms with Crippen LogP contribution < -0.4 is 5.32 Å². The number of carbonyl (C=O) groups is 2. The normalized spacial score (nSPS) is 25.7. The summed E-state index contributed by atoms with van der Waals surface area (Å²) < 4.78 is 0. The fourth-order valence-corrected chi connectivity index (χ4v) is 2.88.